The number of hydrogen-bond acceptors (Lipinski definition) is 3. The molecule has 0 aromatic carbocycles. The maximum absolute atomic E-state index is 6.26. The van der Waals surface area contributed by atoms with Crippen LogP contribution < -0.4 is 0 Å². The molecule has 1 spiro atoms. The molecule has 1 atom stereocenters. The van der Waals surface area contributed by atoms with Crippen LogP contribution in [0.3, 0.4) is 0 Å². The van der Waals surface area contributed by atoms with Gasteiger partial charge in [-0.2, -0.15) is 5.10 Å². The molecule has 1 unspecified atom stereocenters. The number of rotatable bonds is 2. The van der Waals surface area contributed by atoms with Crippen LogP contribution in [0.4, 0.5) is 0 Å². The third-order valence-corrected chi connectivity index (χ3v) is 5.21. The van der Waals surface area contributed by atoms with Crippen LogP contribution in [0.5, 0.6) is 0 Å². The van der Waals surface area contributed by atoms with E-state index in [-0.39, 0.29) is 11.9 Å². The summed E-state index contributed by atoms with van der Waals surface area (Å²) in [5.41, 5.74) is 2.33. The molecule has 4 rings (SSSR count). The minimum absolute atomic E-state index is 0.0516. The Morgan fingerprint density at radius 3 is 2.70 bits per heavy atom. The van der Waals surface area contributed by atoms with E-state index in [0.29, 0.717) is 12.5 Å². The molecule has 4 nitrogen and oxygen atoms in total. The Morgan fingerprint density at radius 2 is 1.90 bits per heavy atom. The zero-order valence-electron chi connectivity index (χ0n) is 12.1. The van der Waals surface area contributed by atoms with E-state index in [4.69, 9.17) is 9.47 Å². The highest BCUT2D eigenvalue weighted by atomic mass is 16.7. The molecule has 1 N–H and O–H groups in total. The topological polar surface area (TPSA) is 47.1 Å². The minimum atomic E-state index is -0.290. The van der Waals surface area contributed by atoms with E-state index in [1.54, 1.807) is 0 Å². The molecule has 1 saturated heterocycles. The Balaban J connectivity index is 1.45. The Kier molecular flexibility index (Phi) is 3.31. The summed E-state index contributed by atoms with van der Waals surface area (Å²) in [6, 6.07) is 2.21. The van der Waals surface area contributed by atoms with Crippen molar-refractivity contribution in [3.63, 3.8) is 0 Å². The van der Waals surface area contributed by atoms with Crippen LogP contribution in [0.2, 0.25) is 0 Å². The van der Waals surface area contributed by atoms with E-state index in [1.807, 2.05) is 0 Å². The van der Waals surface area contributed by atoms with Gasteiger partial charge in [-0.25, -0.2) is 0 Å². The molecule has 20 heavy (non-hydrogen) atoms. The van der Waals surface area contributed by atoms with Gasteiger partial charge in [0.25, 0.3) is 0 Å². The van der Waals surface area contributed by atoms with Crippen molar-refractivity contribution >= 4 is 0 Å². The normalized spacial score (nSPS) is 30.3. The van der Waals surface area contributed by atoms with Crippen LogP contribution in [-0.4, -0.2) is 22.6 Å². The number of aromatic nitrogens is 2. The predicted molar refractivity (Wildman–Crippen MR) is 75.4 cm³/mol. The molecule has 3 aliphatic rings. The molecule has 1 aliphatic heterocycles. The highest BCUT2D eigenvalue weighted by molar-refractivity contribution is 5.17. The third-order valence-electron chi connectivity index (χ3n) is 5.21. The van der Waals surface area contributed by atoms with E-state index < -0.39 is 0 Å². The Hall–Kier alpha value is -0.870. The monoisotopic (exact) mass is 276 g/mol. The van der Waals surface area contributed by atoms with Crippen LogP contribution in [0.15, 0.2) is 6.07 Å². The van der Waals surface area contributed by atoms with Crippen molar-refractivity contribution in [1.29, 1.82) is 0 Å². The highest BCUT2D eigenvalue weighted by Crippen LogP contribution is 2.42. The zero-order chi connectivity index (χ0) is 13.4. The van der Waals surface area contributed by atoms with Gasteiger partial charge in [0.05, 0.1) is 18.0 Å². The number of H-pyrrole nitrogens is 1. The van der Waals surface area contributed by atoms with Crippen molar-refractivity contribution in [2.24, 2.45) is 0 Å². The van der Waals surface area contributed by atoms with Crippen LogP contribution in [0.25, 0.3) is 0 Å². The quantitative estimate of drug-likeness (QED) is 0.893. The summed E-state index contributed by atoms with van der Waals surface area (Å²) in [6.45, 7) is 0.673. The predicted octanol–water partition coefficient (Wildman–Crippen LogP) is 3.82. The van der Waals surface area contributed by atoms with Gasteiger partial charge in [0.15, 0.2) is 5.79 Å². The molecule has 110 valence electrons. The summed E-state index contributed by atoms with van der Waals surface area (Å²) >= 11 is 0. The van der Waals surface area contributed by atoms with E-state index >= 15 is 0 Å². The Bertz CT molecular complexity index is 459. The van der Waals surface area contributed by atoms with E-state index in [1.165, 1.54) is 50.6 Å². The van der Waals surface area contributed by atoms with Gasteiger partial charge >= 0.3 is 0 Å². The Labute approximate surface area is 120 Å². The minimum Gasteiger partial charge on any atom is -0.347 e. The van der Waals surface area contributed by atoms with Gasteiger partial charge in [-0.1, -0.05) is 19.3 Å². The average Bonchev–Trinajstić information content (AvgIpc) is 3.19. The standard InChI is InChI=1S/C16H24N2O2/c1-4-8-16(9-5-1)19-11-15(20-16)14-10-13(17-18-14)12-6-2-3-7-12/h10,12,15H,1-9,11H2,(H,17,18). The SMILES string of the molecule is c1c(C2CCCC2)n[nH]c1C1COC2(CCCCC2)O1. The van der Waals surface area contributed by atoms with E-state index in [9.17, 15) is 0 Å². The van der Waals surface area contributed by atoms with Gasteiger partial charge in [0.1, 0.15) is 6.10 Å². The smallest absolute Gasteiger partial charge is 0.169 e. The summed E-state index contributed by atoms with van der Waals surface area (Å²) in [4.78, 5) is 0. The molecule has 3 fully saturated rings. The summed E-state index contributed by atoms with van der Waals surface area (Å²) in [7, 11) is 0. The second kappa shape index (κ2) is 5.15. The molecule has 1 aromatic rings. The molecule has 2 heterocycles. The lowest BCUT2D eigenvalue weighted by atomic mass is 9.94. The third kappa shape index (κ3) is 2.29. The highest BCUT2D eigenvalue weighted by Gasteiger charge is 2.43. The lowest BCUT2D eigenvalue weighted by Gasteiger charge is -2.31. The van der Waals surface area contributed by atoms with Gasteiger partial charge in [-0.05, 0) is 31.7 Å². The van der Waals surface area contributed by atoms with Gasteiger partial charge in [0, 0.05) is 18.8 Å². The van der Waals surface area contributed by atoms with Crippen molar-refractivity contribution in [2.75, 3.05) is 6.61 Å². The summed E-state index contributed by atoms with van der Waals surface area (Å²) in [5, 5.41) is 7.71. The molecular weight excluding hydrogens is 252 g/mol. The molecule has 0 amide bonds. The number of nitrogens with one attached hydrogen (secondary N) is 1. The first-order valence-corrected chi connectivity index (χ1v) is 8.22. The lowest BCUT2D eigenvalue weighted by Crippen LogP contribution is -2.32. The van der Waals surface area contributed by atoms with Crippen LogP contribution in [-0.2, 0) is 9.47 Å². The molecule has 4 heteroatoms. The molecule has 0 bridgehead atoms. The molecule has 1 aromatic heterocycles. The number of ether oxygens (including phenoxy) is 2. The van der Waals surface area contributed by atoms with Crippen LogP contribution in [0, 0.1) is 0 Å². The molecule has 2 aliphatic carbocycles. The summed E-state index contributed by atoms with van der Waals surface area (Å²) in [5.74, 6) is 0.368. The fraction of sp³-hybridized carbons (Fsp3) is 0.812. The molecular formula is C16H24N2O2. The average molecular weight is 276 g/mol. The number of nitrogens with zero attached hydrogens (tertiary/aromatic N) is 1. The van der Waals surface area contributed by atoms with Gasteiger partial charge < -0.3 is 9.47 Å². The van der Waals surface area contributed by atoms with Crippen molar-refractivity contribution in [2.45, 2.75) is 75.6 Å². The maximum atomic E-state index is 6.26. The van der Waals surface area contributed by atoms with Gasteiger partial charge in [-0.3, -0.25) is 5.10 Å². The molecule has 0 radical (unpaired) electrons. The maximum Gasteiger partial charge on any atom is 0.169 e. The van der Waals surface area contributed by atoms with E-state index in [2.05, 4.69) is 16.3 Å². The Morgan fingerprint density at radius 1 is 1.10 bits per heavy atom. The summed E-state index contributed by atoms with van der Waals surface area (Å²) in [6.07, 6.45) is 11.2. The first kappa shape index (κ1) is 12.8. The van der Waals surface area contributed by atoms with Crippen molar-refractivity contribution in [1.82, 2.24) is 10.2 Å². The zero-order valence-corrected chi connectivity index (χ0v) is 12.1. The fourth-order valence-corrected chi connectivity index (χ4v) is 4.01. The van der Waals surface area contributed by atoms with Crippen LogP contribution >= 0.6 is 0 Å². The molecule has 2 saturated carbocycles. The lowest BCUT2D eigenvalue weighted by molar-refractivity contribution is -0.188. The first-order chi connectivity index (χ1) is 9.85. The van der Waals surface area contributed by atoms with Gasteiger partial charge in [-0.15, -0.1) is 0 Å². The second-order valence-electron chi connectivity index (χ2n) is 6.62. The summed E-state index contributed by atoms with van der Waals surface area (Å²) < 4.78 is 12.3. The van der Waals surface area contributed by atoms with Crippen molar-refractivity contribution in [3.8, 4) is 0 Å². The van der Waals surface area contributed by atoms with Gasteiger partial charge in [0.2, 0.25) is 0 Å². The van der Waals surface area contributed by atoms with Crippen molar-refractivity contribution < 1.29 is 9.47 Å². The largest absolute Gasteiger partial charge is 0.347 e. The van der Waals surface area contributed by atoms with Crippen LogP contribution in [0.1, 0.15) is 81.2 Å². The fourth-order valence-electron chi connectivity index (χ4n) is 4.01. The first-order valence-electron chi connectivity index (χ1n) is 8.22. The number of hydrogen-bond donors (Lipinski definition) is 1. The second-order valence-corrected chi connectivity index (χ2v) is 6.62. The number of aromatic amines is 1. The van der Waals surface area contributed by atoms with E-state index in [0.717, 1.165) is 18.5 Å². The van der Waals surface area contributed by atoms with Crippen molar-refractivity contribution in [3.05, 3.63) is 17.5 Å².